The Balaban J connectivity index is 1.68. The molecule has 2 aliphatic heterocycles. The molecule has 0 aromatic heterocycles. The van der Waals surface area contributed by atoms with Crippen molar-refractivity contribution in [3.05, 3.63) is 23.0 Å². The first-order valence-corrected chi connectivity index (χ1v) is 9.50. The second-order valence-electron chi connectivity index (χ2n) is 7.99. The molecule has 0 bridgehead atoms. The van der Waals surface area contributed by atoms with Crippen LogP contribution in [0.25, 0.3) is 0 Å². The summed E-state index contributed by atoms with van der Waals surface area (Å²) in [5.74, 6) is 6.61. The lowest BCUT2D eigenvalue weighted by atomic mass is 10.00. The number of nitrogens with zero attached hydrogens (tertiary/aromatic N) is 3. The number of anilines is 2. The number of rotatable bonds is 4. The Kier molecular flexibility index (Phi) is 4.38. The van der Waals surface area contributed by atoms with Crippen molar-refractivity contribution in [3.8, 4) is 0 Å². The first kappa shape index (κ1) is 17.1. The molecule has 0 unspecified atom stereocenters. The number of nitrogens with two attached hydrogens (primary N) is 1. The van der Waals surface area contributed by atoms with E-state index in [1.807, 2.05) is 14.0 Å². The van der Waals surface area contributed by atoms with E-state index in [0.717, 1.165) is 43.0 Å². The molecule has 4 rings (SSSR count). The van der Waals surface area contributed by atoms with Gasteiger partial charge in [-0.3, -0.25) is 5.84 Å². The maximum atomic E-state index is 15.2. The Bertz CT molecular complexity index is 660. The van der Waals surface area contributed by atoms with E-state index in [2.05, 4.69) is 28.1 Å². The van der Waals surface area contributed by atoms with E-state index in [9.17, 15) is 0 Å². The van der Waals surface area contributed by atoms with Gasteiger partial charge in [-0.2, -0.15) is 0 Å². The summed E-state index contributed by atoms with van der Waals surface area (Å²) in [7, 11) is 2.00. The summed E-state index contributed by atoms with van der Waals surface area (Å²) in [6.45, 7) is 7.34. The number of nitrogens with one attached hydrogen (secondary N) is 1. The minimum absolute atomic E-state index is 0.0671. The lowest BCUT2D eigenvalue weighted by Gasteiger charge is -2.38. The van der Waals surface area contributed by atoms with Gasteiger partial charge in [0, 0.05) is 37.4 Å². The predicted octanol–water partition coefficient (Wildman–Crippen LogP) is 2.18. The van der Waals surface area contributed by atoms with Crippen LogP contribution in [0, 0.1) is 18.7 Å². The number of hydrogen-bond acceptors (Lipinski definition) is 5. The molecule has 1 saturated carbocycles. The van der Waals surface area contributed by atoms with Gasteiger partial charge in [0.05, 0.1) is 12.4 Å². The molecule has 5 nitrogen and oxygen atoms in total. The molecule has 0 amide bonds. The molecule has 2 atom stereocenters. The van der Waals surface area contributed by atoms with Gasteiger partial charge in [0.15, 0.2) is 0 Å². The number of fused-ring (bicyclic) bond motifs is 1. The second kappa shape index (κ2) is 6.41. The lowest BCUT2D eigenvalue weighted by molar-refractivity contribution is 0.257. The van der Waals surface area contributed by atoms with Crippen LogP contribution in [0.3, 0.4) is 0 Å². The maximum absolute atomic E-state index is 15.2. The van der Waals surface area contributed by atoms with Crippen molar-refractivity contribution in [3.63, 3.8) is 0 Å². The van der Waals surface area contributed by atoms with E-state index in [-0.39, 0.29) is 5.82 Å². The van der Waals surface area contributed by atoms with Gasteiger partial charge in [-0.1, -0.05) is 0 Å². The molecule has 2 heterocycles. The van der Waals surface area contributed by atoms with Gasteiger partial charge in [0.25, 0.3) is 0 Å². The largest absolute Gasteiger partial charge is 0.369 e. The first-order valence-electron chi connectivity index (χ1n) is 9.50. The monoisotopic (exact) mass is 347 g/mol. The summed E-state index contributed by atoms with van der Waals surface area (Å²) in [6.07, 6.45) is 3.54. The van der Waals surface area contributed by atoms with Crippen molar-refractivity contribution in [2.24, 2.45) is 11.8 Å². The minimum atomic E-state index is -0.0671. The third-order valence-electron chi connectivity index (χ3n) is 6.31. The molecule has 3 aliphatic rings. The van der Waals surface area contributed by atoms with Gasteiger partial charge in [-0.25, -0.2) is 9.40 Å². The van der Waals surface area contributed by atoms with E-state index >= 15 is 4.39 Å². The Hall–Kier alpha value is -1.37. The summed E-state index contributed by atoms with van der Waals surface area (Å²) >= 11 is 0. The topological polar surface area (TPSA) is 47.8 Å². The molecule has 0 radical (unpaired) electrons. The Morgan fingerprint density at radius 1 is 1.28 bits per heavy atom. The highest BCUT2D eigenvalue weighted by Gasteiger charge is 2.36. The Labute approximate surface area is 149 Å². The molecule has 1 saturated heterocycles. The molecule has 1 aromatic carbocycles. The van der Waals surface area contributed by atoms with Crippen molar-refractivity contribution in [1.82, 2.24) is 10.3 Å². The van der Waals surface area contributed by atoms with Gasteiger partial charge < -0.3 is 15.1 Å². The van der Waals surface area contributed by atoms with Gasteiger partial charge in [0.2, 0.25) is 0 Å². The number of hydrazine groups is 1. The summed E-state index contributed by atoms with van der Waals surface area (Å²) in [4.78, 5) is 4.61. The van der Waals surface area contributed by atoms with Crippen LogP contribution in [0.4, 0.5) is 15.8 Å². The highest BCUT2D eigenvalue weighted by atomic mass is 19.1. The molecule has 1 aromatic rings. The van der Waals surface area contributed by atoms with Crippen LogP contribution in [-0.4, -0.2) is 43.9 Å². The standard InChI is InChI=1S/C19H30FN5/c1-12-16-10-24(21)11-25(15-4-5-15)17(16)8-18(19(12)20)23-7-6-14(9-23)13(2)22-3/h8,13-15,22H,4-7,9-11,21H2,1-3H3/t13-,14+/m0/s1. The summed E-state index contributed by atoms with van der Waals surface area (Å²) in [6, 6.07) is 3.12. The number of benzene rings is 1. The summed E-state index contributed by atoms with van der Waals surface area (Å²) < 4.78 is 15.2. The Morgan fingerprint density at radius 2 is 2.04 bits per heavy atom. The van der Waals surface area contributed by atoms with E-state index < -0.39 is 0 Å². The van der Waals surface area contributed by atoms with Gasteiger partial charge in [-0.05, 0) is 63.3 Å². The molecule has 0 spiro atoms. The fraction of sp³-hybridized carbons (Fsp3) is 0.684. The quantitative estimate of drug-likeness (QED) is 0.818. The van der Waals surface area contributed by atoms with Gasteiger partial charge in [-0.15, -0.1) is 0 Å². The van der Waals surface area contributed by atoms with E-state index in [4.69, 9.17) is 5.84 Å². The molecular weight excluding hydrogens is 317 g/mol. The predicted molar refractivity (Wildman–Crippen MR) is 100 cm³/mol. The van der Waals surface area contributed by atoms with Crippen LogP contribution in [-0.2, 0) is 6.54 Å². The van der Waals surface area contributed by atoms with Crippen LogP contribution in [0.15, 0.2) is 6.07 Å². The smallest absolute Gasteiger partial charge is 0.149 e. The van der Waals surface area contributed by atoms with Crippen LogP contribution in [0.5, 0.6) is 0 Å². The van der Waals surface area contributed by atoms with Crippen molar-refractivity contribution >= 4 is 11.4 Å². The van der Waals surface area contributed by atoms with E-state index in [0.29, 0.717) is 24.5 Å². The number of hydrogen-bond donors (Lipinski definition) is 2. The number of halogens is 1. The molecule has 6 heteroatoms. The van der Waals surface area contributed by atoms with E-state index in [1.165, 1.54) is 18.5 Å². The molecule has 3 N–H and O–H groups in total. The fourth-order valence-electron chi connectivity index (χ4n) is 4.36. The molecule has 138 valence electrons. The third kappa shape index (κ3) is 3.00. The minimum Gasteiger partial charge on any atom is -0.369 e. The molecular formula is C19H30FN5. The summed E-state index contributed by atoms with van der Waals surface area (Å²) in [5, 5.41) is 5.14. The fourth-order valence-corrected chi connectivity index (χ4v) is 4.36. The average Bonchev–Trinajstić information content (AvgIpc) is 3.34. The lowest BCUT2D eigenvalue weighted by Crippen LogP contribution is -2.47. The second-order valence-corrected chi connectivity index (χ2v) is 7.99. The van der Waals surface area contributed by atoms with Crippen LogP contribution in [0.1, 0.15) is 37.3 Å². The maximum Gasteiger partial charge on any atom is 0.149 e. The average molecular weight is 347 g/mol. The van der Waals surface area contributed by atoms with Crippen molar-refractivity contribution in [2.45, 2.75) is 51.7 Å². The molecule has 1 aliphatic carbocycles. The summed E-state index contributed by atoms with van der Waals surface area (Å²) in [5.41, 5.74) is 3.79. The zero-order valence-corrected chi connectivity index (χ0v) is 15.6. The first-order chi connectivity index (χ1) is 12.0. The van der Waals surface area contributed by atoms with Crippen LogP contribution in [0.2, 0.25) is 0 Å². The zero-order chi connectivity index (χ0) is 17.7. The van der Waals surface area contributed by atoms with Crippen molar-refractivity contribution in [1.29, 1.82) is 0 Å². The van der Waals surface area contributed by atoms with Gasteiger partial charge >= 0.3 is 0 Å². The molecule has 25 heavy (non-hydrogen) atoms. The van der Waals surface area contributed by atoms with E-state index in [1.54, 1.807) is 5.01 Å². The SMILES string of the molecule is CN[C@@H](C)[C@@H]1CCN(c2cc3c(c(C)c2F)CN(N)CN3C2CC2)C1. The van der Waals surface area contributed by atoms with Crippen molar-refractivity contribution in [2.75, 3.05) is 36.6 Å². The normalized spacial score (nSPS) is 25.4. The molecule has 2 fully saturated rings. The van der Waals surface area contributed by atoms with Gasteiger partial charge in [0.1, 0.15) is 5.82 Å². The highest BCUT2D eigenvalue weighted by molar-refractivity contribution is 5.69. The van der Waals surface area contributed by atoms with Crippen molar-refractivity contribution < 1.29 is 4.39 Å². The van der Waals surface area contributed by atoms with Crippen LogP contribution < -0.4 is 21.0 Å². The third-order valence-corrected chi connectivity index (χ3v) is 6.31. The van der Waals surface area contributed by atoms with Crippen LogP contribution >= 0.6 is 0 Å². The Morgan fingerprint density at radius 3 is 2.72 bits per heavy atom. The highest BCUT2D eigenvalue weighted by Crippen LogP contribution is 2.42. The zero-order valence-electron chi connectivity index (χ0n) is 15.6.